The van der Waals surface area contributed by atoms with Gasteiger partial charge in [0.15, 0.2) is 0 Å². The van der Waals surface area contributed by atoms with E-state index >= 15 is 0 Å². The number of unbranched alkanes of at least 4 members (excludes halogenated alkanes) is 1. The van der Waals surface area contributed by atoms with Crippen LogP contribution in [0.25, 0.3) is 0 Å². The van der Waals surface area contributed by atoms with Crippen LogP contribution in [0.4, 0.5) is 10.8 Å². The third-order valence-electron chi connectivity index (χ3n) is 5.72. The van der Waals surface area contributed by atoms with Crippen molar-refractivity contribution in [3.8, 4) is 0 Å². The maximum Gasteiger partial charge on any atom is 0.337 e. The summed E-state index contributed by atoms with van der Waals surface area (Å²) in [6, 6.07) is -0.477. The summed E-state index contributed by atoms with van der Waals surface area (Å²) in [5.41, 5.74) is 2.66. The molecule has 3 saturated heterocycles. The molecule has 0 aromatic carbocycles. The molecule has 0 aliphatic carbocycles. The molecule has 0 radical (unpaired) electrons. The average molecular weight is 494 g/mol. The first kappa shape index (κ1) is 28.6. The molecule has 4 heterocycles. The number of hydrogen-bond donors (Lipinski definition) is 3. The van der Waals surface area contributed by atoms with Gasteiger partial charge in [-0.05, 0) is 37.8 Å². The summed E-state index contributed by atoms with van der Waals surface area (Å²) in [5.74, 6) is 1.09. The molecule has 11 heteroatoms. The van der Waals surface area contributed by atoms with Gasteiger partial charge in [-0.2, -0.15) is 5.01 Å². The summed E-state index contributed by atoms with van der Waals surface area (Å²) in [4.78, 5) is 44.0. The average Bonchev–Trinajstić information content (AvgIpc) is 3.42. The molecule has 4 amide bonds. The smallest absolute Gasteiger partial charge is 0.337 e. The number of carbonyl (C=O) groups excluding carboxylic acids is 3. The van der Waals surface area contributed by atoms with E-state index in [1.807, 2.05) is 4.90 Å². The number of amides is 4. The number of aromatic nitrogens is 1. The van der Waals surface area contributed by atoms with Gasteiger partial charge in [-0.15, -0.1) is 0 Å². The monoisotopic (exact) mass is 493 g/mol. The zero-order chi connectivity index (χ0) is 25.8. The minimum absolute atomic E-state index is 0.0259. The fourth-order valence-electron chi connectivity index (χ4n) is 3.82. The lowest BCUT2D eigenvalue weighted by Crippen LogP contribution is -2.61. The molecule has 0 bridgehead atoms. The summed E-state index contributed by atoms with van der Waals surface area (Å²) in [6.45, 7) is 13.9. The molecule has 11 nitrogen and oxygen atoms in total. The Kier molecular flexibility index (Phi) is 12.0. The first-order valence-corrected chi connectivity index (χ1v) is 12.8. The molecule has 0 saturated carbocycles. The van der Waals surface area contributed by atoms with Gasteiger partial charge in [0.05, 0.1) is 19.3 Å². The van der Waals surface area contributed by atoms with Crippen molar-refractivity contribution in [1.29, 1.82) is 0 Å². The molecule has 35 heavy (non-hydrogen) atoms. The minimum Gasteiger partial charge on any atom is -0.432 e. The highest BCUT2D eigenvalue weighted by atomic mass is 16.4. The van der Waals surface area contributed by atoms with E-state index in [0.717, 1.165) is 31.8 Å². The Morgan fingerprint density at radius 3 is 2.37 bits per heavy atom. The van der Waals surface area contributed by atoms with E-state index in [1.165, 1.54) is 30.2 Å². The molecule has 1 aromatic heterocycles. The van der Waals surface area contributed by atoms with E-state index in [9.17, 15) is 14.4 Å². The van der Waals surface area contributed by atoms with Crippen LogP contribution >= 0.6 is 0 Å². The van der Waals surface area contributed by atoms with Gasteiger partial charge in [-0.3, -0.25) is 20.3 Å². The van der Waals surface area contributed by atoms with Crippen LogP contribution in [0.15, 0.2) is 16.9 Å². The number of anilines is 1. The molecule has 1 atom stereocenters. The molecule has 1 aromatic rings. The van der Waals surface area contributed by atoms with E-state index in [0.29, 0.717) is 19.0 Å². The Morgan fingerprint density at radius 2 is 1.80 bits per heavy atom. The number of hydrazine groups is 1. The van der Waals surface area contributed by atoms with E-state index in [2.05, 4.69) is 55.7 Å². The van der Waals surface area contributed by atoms with Crippen LogP contribution in [-0.2, 0) is 9.59 Å². The lowest BCUT2D eigenvalue weighted by molar-refractivity contribution is -0.147. The molecular formula is C24H43N7O4. The Hall–Kier alpha value is -2.66. The van der Waals surface area contributed by atoms with E-state index < -0.39 is 6.03 Å². The van der Waals surface area contributed by atoms with Crippen LogP contribution in [0.3, 0.4) is 0 Å². The number of hydrogen-bond acceptors (Lipinski definition) is 7. The Morgan fingerprint density at radius 1 is 1.14 bits per heavy atom. The van der Waals surface area contributed by atoms with Crippen molar-refractivity contribution in [2.75, 3.05) is 44.6 Å². The first-order valence-electron chi connectivity index (χ1n) is 12.8. The van der Waals surface area contributed by atoms with Crippen LogP contribution in [0.1, 0.15) is 60.3 Å². The van der Waals surface area contributed by atoms with Crippen molar-refractivity contribution in [2.24, 2.45) is 11.8 Å². The second-order valence-electron chi connectivity index (χ2n) is 9.76. The summed E-state index contributed by atoms with van der Waals surface area (Å²) in [5, 5.41) is 7.34. The predicted octanol–water partition coefficient (Wildman–Crippen LogP) is 2.49. The van der Waals surface area contributed by atoms with Crippen molar-refractivity contribution in [3.63, 3.8) is 0 Å². The van der Waals surface area contributed by atoms with Crippen LogP contribution in [0, 0.1) is 11.8 Å². The number of carbonyl (C=O) groups is 3. The highest BCUT2D eigenvalue weighted by Gasteiger charge is 2.45. The van der Waals surface area contributed by atoms with Gasteiger partial charge in [0.2, 0.25) is 11.8 Å². The number of piperidine rings is 1. The SMILES string of the molecule is CC(C)C.CCCC.O=C(Nc1ncco1)NN1CC(=O)N2CC(=O)N(CC3CCNCC3)CC12. The Bertz CT molecular complexity index is 776. The maximum absolute atomic E-state index is 12.5. The lowest BCUT2D eigenvalue weighted by Gasteiger charge is -2.41. The highest BCUT2D eigenvalue weighted by Crippen LogP contribution is 2.22. The van der Waals surface area contributed by atoms with Crippen LogP contribution in [0.5, 0.6) is 0 Å². The van der Waals surface area contributed by atoms with Gasteiger partial charge in [0, 0.05) is 6.54 Å². The predicted molar refractivity (Wildman–Crippen MR) is 134 cm³/mol. The largest absolute Gasteiger partial charge is 0.432 e. The van der Waals surface area contributed by atoms with Crippen molar-refractivity contribution < 1.29 is 18.8 Å². The molecule has 0 spiro atoms. The fourth-order valence-corrected chi connectivity index (χ4v) is 3.82. The first-order chi connectivity index (χ1) is 16.7. The van der Waals surface area contributed by atoms with E-state index in [1.54, 1.807) is 5.01 Å². The molecule has 3 N–H and O–H groups in total. The highest BCUT2D eigenvalue weighted by molar-refractivity contribution is 5.90. The lowest BCUT2D eigenvalue weighted by atomic mass is 9.97. The van der Waals surface area contributed by atoms with E-state index in [-0.39, 0.29) is 37.1 Å². The summed E-state index contributed by atoms with van der Waals surface area (Å²) >= 11 is 0. The summed E-state index contributed by atoms with van der Waals surface area (Å²) in [6.07, 6.45) is 7.12. The van der Waals surface area contributed by atoms with Crippen LogP contribution in [0.2, 0.25) is 0 Å². The Balaban J connectivity index is 0.000000473. The second kappa shape index (κ2) is 14.7. The molecular weight excluding hydrogens is 450 g/mol. The summed E-state index contributed by atoms with van der Waals surface area (Å²) < 4.78 is 4.98. The maximum atomic E-state index is 12.5. The minimum atomic E-state index is -0.547. The van der Waals surface area contributed by atoms with Gasteiger partial charge < -0.3 is 19.5 Å². The zero-order valence-corrected chi connectivity index (χ0v) is 21.9. The van der Waals surface area contributed by atoms with Gasteiger partial charge in [0.1, 0.15) is 19.0 Å². The van der Waals surface area contributed by atoms with Crippen molar-refractivity contribution in [2.45, 2.75) is 66.5 Å². The number of piperazine rings is 1. The van der Waals surface area contributed by atoms with Crippen molar-refractivity contribution >= 4 is 23.9 Å². The zero-order valence-electron chi connectivity index (χ0n) is 21.9. The molecule has 4 rings (SSSR count). The molecule has 3 fully saturated rings. The molecule has 3 aliphatic rings. The molecule has 1 unspecified atom stereocenters. The standard InChI is InChI=1S/C16H23N7O4.2C4H10/c24-13-9-22-12(8-21(13)7-11-1-3-17-4-2-11)23(10-14(22)25)20-15(26)19-16-18-5-6-27-16;1-4(2)3;1-3-4-2/h5-6,11-12,17H,1-4,7-10H2,(H2,18,19,20,26);4H,1-3H3;3-4H2,1-2H3. The number of urea groups is 1. The number of nitrogens with zero attached hydrogens (tertiary/aromatic N) is 4. The number of rotatable bonds is 5. The van der Waals surface area contributed by atoms with Crippen molar-refractivity contribution in [1.82, 2.24) is 30.5 Å². The van der Waals surface area contributed by atoms with E-state index in [4.69, 9.17) is 4.42 Å². The third-order valence-corrected chi connectivity index (χ3v) is 5.72. The number of fused-ring (bicyclic) bond motifs is 1. The normalized spacial score (nSPS) is 20.6. The van der Waals surface area contributed by atoms with Crippen LogP contribution < -0.4 is 16.1 Å². The van der Waals surface area contributed by atoms with Gasteiger partial charge >= 0.3 is 12.0 Å². The molecule has 3 aliphatic heterocycles. The molecule has 198 valence electrons. The van der Waals surface area contributed by atoms with Gasteiger partial charge in [0.25, 0.3) is 0 Å². The van der Waals surface area contributed by atoms with Crippen molar-refractivity contribution in [3.05, 3.63) is 12.5 Å². The topological polar surface area (TPSA) is 123 Å². The quantitative estimate of drug-likeness (QED) is 0.576. The Labute approximate surface area is 208 Å². The summed E-state index contributed by atoms with van der Waals surface area (Å²) in [7, 11) is 0. The van der Waals surface area contributed by atoms with Gasteiger partial charge in [-0.25, -0.2) is 9.78 Å². The fraction of sp³-hybridized carbons (Fsp3) is 0.750. The van der Waals surface area contributed by atoms with Gasteiger partial charge in [-0.1, -0.05) is 47.5 Å². The second-order valence-corrected chi connectivity index (χ2v) is 9.76. The number of oxazole rings is 1. The van der Waals surface area contributed by atoms with Crippen LogP contribution in [-0.4, -0.2) is 83.1 Å². The third kappa shape index (κ3) is 9.48. The number of nitrogens with one attached hydrogen (secondary N) is 3.